The maximum absolute atomic E-state index is 12.2. The molecule has 0 atom stereocenters. The van der Waals surface area contributed by atoms with Crippen LogP contribution in [0.2, 0.25) is 0 Å². The Morgan fingerprint density at radius 2 is 2.09 bits per heavy atom. The minimum atomic E-state index is -0.258. The number of piperidine rings is 1. The summed E-state index contributed by atoms with van der Waals surface area (Å²) in [5.74, 6) is -0.258. The van der Waals surface area contributed by atoms with E-state index in [0.717, 1.165) is 31.6 Å². The predicted molar refractivity (Wildman–Crippen MR) is 92.6 cm³/mol. The molecule has 23 heavy (non-hydrogen) atoms. The van der Waals surface area contributed by atoms with Crippen LogP contribution in [0.25, 0.3) is 0 Å². The number of hydrogen-bond acceptors (Lipinski definition) is 5. The molecule has 126 valence electrons. The summed E-state index contributed by atoms with van der Waals surface area (Å²) in [7, 11) is 0. The molecule has 0 radical (unpaired) electrons. The second-order valence-electron chi connectivity index (χ2n) is 5.16. The number of nitrogens with zero attached hydrogens (tertiary/aromatic N) is 4. The summed E-state index contributed by atoms with van der Waals surface area (Å²) in [6, 6.07) is 3.92. The van der Waals surface area contributed by atoms with Gasteiger partial charge in [0.25, 0.3) is 5.91 Å². The molecular formula is C14H20Cl2N6O. The highest BCUT2D eigenvalue weighted by molar-refractivity contribution is 6.02. The van der Waals surface area contributed by atoms with E-state index in [-0.39, 0.29) is 30.7 Å². The van der Waals surface area contributed by atoms with Crippen molar-refractivity contribution in [3.63, 3.8) is 0 Å². The highest BCUT2D eigenvalue weighted by Crippen LogP contribution is 2.17. The van der Waals surface area contributed by atoms with Gasteiger partial charge in [0, 0.05) is 6.20 Å². The first-order valence-electron chi connectivity index (χ1n) is 7.09. The molecule has 0 saturated carbocycles. The van der Waals surface area contributed by atoms with Crippen LogP contribution in [0.4, 0.5) is 5.69 Å². The molecule has 9 heteroatoms. The summed E-state index contributed by atoms with van der Waals surface area (Å²) in [6.07, 6.45) is 5.42. The van der Waals surface area contributed by atoms with Crippen molar-refractivity contribution in [2.75, 3.05) is 18.4 Å². The lowest BCUT2D eigenvalue weighted by atomic mass is 10.1. The number of carbonyl (C=O) groups is 1. The van der Waals surface area contributed by atoms with Gasteiger partial charge >= 0.3 is 0 Å². The topological polar surface area (TPSA) is 84.7 Å². The molecule has 2 aromatic rings. The number of anilines is 1. The van der Waals surface area contributed by atoms with Gasteiger partial charge in [-0.1, -0.05) is 5.21 Å². The number of aromatic nitrogens is 4. The number of amides is 1. The standard InChI is InChI=1S/C14H18N6O.2ClH/c1-10-12(3-2-6-16-10)17-14(21)13-9-20(19-18-13)11-4-7-15-8-5-11;;/h2-3,6,9,11,15H,4-5,7-8H2,1H3,(H,17,21);2*1H. The van der Waals surface area contributed by atoms with Crippen molar-refractivity contribution < 1.29 is 4.79 Å². The maximum atomic E-state index is 12.2. The average Bonchev–Trinajstić information content (AvgIpc) is 3.00. The Morgan fingerprint density at radius 1 is 1.35 bits per heavy atom. The Kier molecular flexibility index (Phi) is 7.41. The molecule has 7 nitrogen and oxygen atoms in total. The van der Waals surface area contributed by atoms with Crippen LogP contribution in [0, 0.1) is 6.92 Å². The van der Waals surface area contributed by atoms with Gasteiger partial charge in [0.05, 0.1) is 23.6 Å². The van der Waals surface area contributed by atoms with Crippen LogP contribution >= 0.6 is 24.8 Å². The number of aryl methyl sites for hydroxylation is 1. The van der Waals surface area contributed by atoms with Crippen LogP contribution in [0.1, 0.15) is 35.1 Å². The van der Waals surface area contributed by atoms with Crippen molar-refractivity contribution in [1.82, 2.24) is 25.3 Å². The van der Waals surface area contributed by atoms with Gasteiger partial charge in [-0.05, 0) is 45.0 Å². The van der Waals surface area contributed by atoms with Crippen molar-refractivity contribution in [3.05, 3.63) is 35.9 Å². The molecular weight excluding hydrogens is 339 g/mol. The molecule has 1 saturated heterocycles. The second-order valence-corrected chi connectivity index (χ2v) is 5.16. The molecule has 1 aliphatic rings. The molecule has 1 amide bonds. The van der Waals surface area contributed by atoms with E-state index in [1.54, 1.807) is 23.1 Å². The first-order valence-corrected chi connectivity index (χ1v) is 7.09. The van der Waals surface area contributed by atoms with Crippen molar-refractivity contribution in [1.29, 1.82) is 0 Å². The molecule has 2 aromatic heterocycles. The van der Waals surface area contributed by atoms with Crippen molar-refractivity contribution >= 4 is 36.4 Å². The van der Waals surface area contributed by atoms with Crippen LogP contribution in [-0.4, -0.2) is 39.0 Å². The molecule has 3 heterocycles. The zero-order valence-electron chi connectivity index (χ0n) is 12.7. The second kappa shape index (κ2) is 8.81. The van der Waals surface area contributed by atoms with Crippen molar-refractivity contribution in [2.24, 2.45) is 0 Å². The number of hydrogen-bond donors (Lipinski definition) is 2. The van der Waals surface area contributed by atoms with Gasteiger partial charge in [-0.3, -0.25) is 9.78 Å². The van der Waals surface area contributed by atoms with Crippen LogP contribution in [0.15, 0.2) is 24.5 Å². The molecule has 1 fully saturated rings. The van der Waals surface area contributed by atoms with Crippen LogP contribution in [0.3, 0.4) is 0 Å². The molecule has 0 bridgehead atoms. The zero-order chi connectivity index (χ0) is 14.7. The Labute approximate surface area is 147 Å². The lowest BCUT2D eigenvalue weighted by molar-refractivity contribution is 0.102. The fourth-order valence-electron chi connectivity index (χ4n) is 2.43. The van der Waals surface area contributed by atoms with E-state index in [4.69, 9.17) is 0 Å². The number of carbonyl (C=O) groups excluding carboxylic acids is 1. The van der Waals surface area contributed by atoms with Crippen LogP contribution in [0.5, 0.6) is 0 Å². The van der Waals surface area contributed by atoms with E-state index in [0.29, 0.717) is 17.4 Å². The van der Waals surface area contributed by atoms with Crippen molar-refractivity contribution in [3.8, 4) is 0 Å². The van der Waals surface area contributed by atoms with Gasteiger partial charge in [-0.2, -0.15) is 0 Å². The van der Waals surface area contributed by atoms with E-state index in [1.165, 1.54) is 0 Å². The number of rotatable bonds is 3. The van der Waals surface area contributed by atoms with Gasteiger partial charge < -0.3 is 10.6 Å². The van der Waals surface area contributed by atoms with Crippen molar-refractivity contribution in [2.45, 2.75) is 25.8 Å². The summed E-state index contributed by atoms with van der Waals surface area (Å²) >= 11 is 0. The highest BCUT2D eigenvalue weighted by atomic mass is 35.5. The molecule has 3 rings (SSSR count). The largest absolute Gasteiger partial charge is 0.319 e. The van der Waals surface area contributed by atoms with Crippen LogP contribution in [-0.2, 0) is 0 Å². The Bertz CT molecular complexity index is 642. The van der Waals surface area contributed by atoms with Gasteiger partial charge in [-0.25, -0.2) is 4.68 Å². The van der Waals surface area contributed by atoms with Gasteiger partial charge in [-0.15, -0.1) is 29.9 Å². The van der Waals surface area contributed by atoms with E-state index in [2.05, 4.69) is 25.9 Å². The Morgan fingerprint density at radius 3 is 2.78 bits per heavy atom. The summed E-state index contributed by atoms with van der Waals surface area (Å²) in [5.41, 5.74) is 1.80. The quantitative estimate of drug-likeness (QED) is 0.876. The van der Waals surface area contributed by atoms with E-state index < -0.39 is 0 Å². The fourth-order valence-corrected chi connectivity index (χ4v) is 2.43. The number of halogens is 2. The summed E-state index contributed by atoms with van der Waals surface area (Å²) in [6.45, 7) is 3.80. The summed E-state index contributed by atoms with van der Waals surface area (Å²) in [4.78, 5) is 16.3. The minimum Gasteiger partial charge on any atom is -0.319 e. The van der Waals surface area contributed by atoms with E-state index in [9.17, 15) is 4.79 Å². The molecule has 0 spiro atoms. The lowest BCUT2D eigenvalue weighted by Crippen LogP contribution is -2.29. The van der Waals surface area contributed by atoms with Gasteiger partial charge in [0.15, 0.2) is 5.69 Å². The predicted octanol–water partition coefficient (Wildman–Crippen LogP) is 2.00. The third-order valence-electron chi connectivity index (χ3n) is 3.68. The van der Waals surface area contributed by atoms with Gasteiger partial charge in [0.1, 0.15) is 0 Å². The molecule has 2 N–H and O–H groups in total. The third-order valence-corrected chi connectivity index (χ3v) is 3.68. The minimum absolute atomic E-state index is 0. The molecule has 0 aromatic carbocycles. The van der Waals surface area contributed by atoms with Gasteiger partial charge in [0.2, 0.25) is 0 Å². The Balaban J connectivity index is 0.00000132. The fraction of sp³-hybridized carbons (Fsp3) is 0.429. The lowest BCUT2D eigenvalue weighted by Gasteiger charge is -2.22. The van der Waals surface area contributed by atoms with E-state index in [1.807, 2.05) is 13.0 Å². The monoisotopic (exact) mass is 358 g/mol. The maximum Gasteiger partial charge on any atom is 0.277 e. The molecule has 0 unspecified atom stereocenters. The smallest absolute Gasteiger partial charge is 0.277 e. The Hall–Kier alpha value is -1.70. The molecule has 0 aliphatic carbocycles. The first-order chi connectivity index (χ1) is 10.2. The summed E-state index contributed by atoms with van der Waals surface area (Å²) in [5, 5.41) is 14.2. The summed E-state index contributed by atoms with van der Waals surface area (Å²) < 4.78 is 1.80. The number of pyridine rings is 1. The van der Waals surface area contributed by atoms with E-state index >= 15 is 0 Å². The average molecular weight is 359 g/mol. The van der Waals surface area contributed by atoms with Crippen LogP contribution < -0.4 is 10.6 Å². The zero-order valence-corrected chi connectivity index (χ0v) is 14.4. The SMILES string of the molecule is Cc1ncccc1NC(=O)c1cn(C2CCNCC2)nn1.Cl.Cl. The molecule has 1 aliphatic heterocycles. The highest BCUT2D eigenvalue weighted by Gasteiger charge is 2.19. The normalized spacial score (nSPS) is 14.5. The third kappa shape index (κ3) is 4.63. The number of nitrogens with one attached hydrogen (secondary N) is 2. The first kappa shape index (κ1) is 19.3.